The Bertz CT molecular complexity index is 1260. The van der Waals surface area contributed by atoms with E-state index < -0.39 is 5.97 Å². The van der Waals surface area contributed by atoms with Crippen molar-refractivity contribution >= 4 is 40.0 Å². The molecule has 3 aromatic rings. The number of rotatable bonds is 8. The Morgan fingerprint density at radius 1 is 1.11 bits per heavy atom. The normalized spacial score (nSPS) is 13.5. The van der Waals surface area contributed by atoms with Gasteiger partial charge < -0.3 is 19.4 Å². The van der Waals surface area contributed by atoms with E-state index in [0.717, 1.165) is 43.4 Å². The van der Waals surface area contributed by atoms with E-state index in [1.54, 1.807) is 0 Å². The molecular formula is C27H34N4O4S2. The van der Waals surface area contributed by atoms with Gasteiger partial charge in [0.2, 0.25) is 5.91 Å². The van der Waals surface area contributed by atoms with Gasteiger partial charge in [-0.2, -0.15) is 0 Å². The van der Waals surface area contributed by atoms with Crippen LogP contribution in [0.15, 0.2) is 29.4 Å². The molecule has 2 aromatic heterocycles. The van der Waals surface area contributed by atoms with E-state index in [0.29, 0.717) is 21.5 Å². The van der Waals surface area contributed by atoms with Crippen molar-refractivity contribution in [3.63, 3.8) is 0 Å². The number of esters is 1. The van der Waals surface area contributed by atoms with Gasteiger partial charge in [0, 0.05) is 11.9 Å². The Morgan fingerprint density at radius 2 is 1.84 bits per heavy atom. The molecule has 1 amide bonds. The number of anilines is 1. The van der Waals surface area contributed by atoms with Crippen LogP contribution in [0.5, 0.6) is 5.75 Å². The van der Waals surface area contributed by atoms with Gasteiger partial charge in [-0.25, -0.2) is 4.79 Å². The summed E-state index contributed by atoms with van der Waals surface area (Å²) >= 11 is 2.78. The lowest BCUT2D eigenvalue weighted by atomic mass is 9.87. The van der Waals surface area contributed by atoms with Crippen LogP contribution in [0, 0.1) is 0 Å². The second-order valence-electron chi connectivity index (χ2n) is 10.1. The highest BCUT2D eigenvalue weighted by molar-refractivity contribution is 7.99. The predicted octanol–water partition coefficient (Wildman–Crippen LogP) is 5.54. The number of hydrogen-bond acceptors (Lipinski definition) is 8. The topological polar surface area (TPSA) is 95.3 Å². The predicted molar refractivity (Wildman–Crippen MR) is 147 cm³/mol. The summed E-state index contributed by atoms with van der Waals surface area (Å²) < 4.78 is 12.8. The minimum absolute atomic E-state index is 0.0870. The fourth-order valence-corrected chi connectivity index (χ4v) is 6.26. The van der Waals surface area contributed by atoms with E-state index in [-0.39, 0.29) is 23.7 Å². The number of aromatic nitrogens is 3. The third-order valence-electron chi connectivity index (χ3n) is 6.41. The number of methoxy groups -OCH3 is 1. The molecule has 8 nitrogen and oxygen atoms in total. The molecule has 4 rings (SSSR count). The average Bonchev–Trinajstić information content (AvgIpc) is 3.30. The minimum Gasteiger partial charge on any atom is -0.486 e. The number of thiophene rings is 1. The molecule has 0 unspecified atom stereocenters. The van der Waals surface area contributed by atoms with Gasteiger partial charge in [0.25, 0.3) is 0 Å². The van der Waals surface area contributed by atoms with Crippen LogP contribution >= 0.6 is 23.1 Å². The lowest BCUT2D eigenvalue weighted by Crippen LogP contribution is -2.16. The zero-order chi connectivity index (χ0) is 26.6. The van der Waals surface area contributed by atoms with Gasteiger partial charge >= 0.3 is 5.97 Å². The van der Waals surface area contributed by atoms with Crippen molar-refractivity contribution < 1.29 is 19.1 Å². The van der Waals surface area contributed by atoms with Crippen molar-refractivity contribution in [1.82, 2.24) is 14.8 Å². The molecule has 0 spiro atoms. The zero-order valence-electron chi connectivity index (χ0n) is 22.1. The third-order valence-corrected chi connectivity index (χ3v) is 8.64. The number of ether oxygens (including phenoxy) is 2. The summed E-state index contributed by atoms with van der Waals surface area (Å²) in [5.41, 5.74) is 2.87. The van der Waals surface area contributed by atoms with Crippen LogP contribution in [-0.4, -0.2) is 39.5 Å². The van der Waals surface area contributed by atoms with Crippen LogP contribution in [0.1, 0.15) is 72.2 Å². The van der Waals surface area contributed by atoms with Gasteiger partial charge in [-0.3, -0.25) is 4.79 Å². The fraction of sp³-hybridized carbons (Fsp3) is 0.481. The molecule has 0 saturated heterocycles. The summed E-state index contributed by atoms with van der Waals surface area (Å²) in [6.07, 6.45) is 5.05. The molecule has 37 heavy (non-hydrogen) atoms. The Balaban J connectivity index is 1.35. The number of aryl methyl sites for hydroxylation is 1. The summed E-state index contributed by atoms with van der Waals surface area (Å²) in [4.78, 5) is 26.5. The van der Waals surface area contributed by atoms with Gasteiger partial charge in [-0.1, -0.05) is 51.1 Å². The Labute approximate surface area is 226 Å². The van der Waals surface area contributed by atoms with Crippen molar-refractivity contribution in [2.45, 2.75) is 70.1 Å². The van der Waals surface area contributed by atoms with E-state index >= 15 is 0 Å². The summed E-state index contributed by atoms with van der Waals surface area (Å²) in [5.74, 6) is 0.974. The molecule has 0 fully saturated rings. The number of nitrogens with zero attached hydrogens (tertiary/aromatic N) is 3. The van der Waals surface area contributed by atoms with Gasteiger partial charge in [0.1, 0.15) is 17.4 Å². The molecule has 0 atom stereocenters. The van der Waals surface area contributed by atoms with Crippen molar-refractivity contribution in [1.29, 1.82) is 0 Å². The Morgan fingerprint density at radius 3 is 2.54 bits per heavy atom. The van der Waals surface area contributed by atoms with E-state index in [1.165, 1.54) is 40.6 Å². The highest BCUT2D eigenvalue weighted by atomic mass is 32.2. The standard InChI is InChI=1S/C27H34N4O4S2/c1-27(2,3)17-11-13-18(14-12-17)35-15-21-29-30-26(31(21)4)36-16-22(32)28-24-23(25(33)34-5)19-9-7-6-8-10-20(19)37-24/h11-14H,6-10,15-16H2,1-5H3,(H,28,32). The van der Waals surface area contributed by atoms with Crippen molar-refractivity contribution in [3.8, 4) is 5.75 Å². The van der Waals surface area contributed by atoms with Crippen LogP contribution in [0.2, 0.25) is 0 Å². The summed E-state index contributed by atoms with van der Waals surface area (Å²) in [7, 11) is 3.23. The van der Waals surface area contributed by atoms with Crippen LogP contribution in [0.3, 0.4) is 0 Å². The van der Waals surface area contributed by atoms with Gasteiger partial charge in [0.05, 0.1) is 18.4 Å². The maximum atomic E-state index is 12.8. The third kappa shape index (κ3) is 6.54. The molecular weight excluding hydrogens is 508 g/mol. The molecule has 1 aliphatic carbocycles. The number of thioether (sulfide) groups is 1. The highest BCUT2D eigenvalue weighted by Crippen LogP contribution is 2.38. The maximum absolute atomic E-state index is 12.8. The van der Waals surface area contributed by atoms with E-state index in [2.05, 4.69) is 48.4 Å². The number of nitrogens with one attached hydrogen (secondary N) is 1. The second-order valence-corrected chi connectivity index (χ2v) is 12.2. The average molecular weight is 543 g/mol. The molecule has 198 valence electrons. The molecule has 0 aliphatic heterocycles. The van der Waals surface area contributed by atoms with Crippen molar-refractivity contribution in [3.05, 3.63) is 51.7 Å². The number of carbonyl (C=O) groups excluding carboxylic acids is 2. The van der Waals surface area contributed by atoms with Crippen molar-refractivity contribution in [2.24, 2.45) is 7.05 Å². The molecule has 2 heterocycles. The molecule has 1 N–H and O–H groups in total. The van der Waals surface area contributed by atoms with E-state index in [9.17, 15) is 9.59 Å². The Hall–Kier alpha value is -2.85. The molecule has 1 aromatic carbocycles. The number of carbonyl (C=O) groups is 2. The van der Waals surface area contributed by atoms with Crippen LogP contribution in [-0.2, 0) is 41.4 Å². The molecule has 1 aliphatic rings. The first kappa shape index (κ1) is 27.2. The first-order valence-corrected chi connectivity index (χ1v) is 14.2. The summed E-state index contributed by atoms with van der Waals surface area (Å²) in [5, 5.41) is 12.6. The molecule has 0 saturated carbocycles. The first-order valence-electron chi connectivity index (χ1n) is 12.4. The minimum atomic E-state index is -0.395. The van der Waals surface area contributed by atoms with Crippen LogP contribution in [0.4, 0.5) is 5.00 Å². The highest BCUT2D eigenvalue weighted by Gasteiger charge is 2.26. The molecule has 0 radical (unpaired) electrons. The lowest BCUT2D eigenvalue weighted by Gasteiger charge is -2.19. The SMILES string of the molecule is COC(=O)c1c(NC(=O)CSc2nnc(COc3ccc(C(C)(C)C)cc3)n2C)sc2c1CCCCC2. The van der Waals surface area contributed by atoms with E-state index in [4.69, 9.17) is 9.47 Å². The van der Waals surface area contributed by atoms with Gasteiger partial charge in [0.15, 0.2) is 11.0 Å². The quantitative estimate of drug-likeness (QED) is 0.227. The second kappa shape index (κ2) is 11.7. The number of benzene rings is 1. The number of amides is 1. The monoisotopic (exact) mass is 542 g/mol. The molecule has 10 heteroatoms. The Kier molecular flexibility index (Phi) is 8.59. The first-order chi connectivity index (χ1) is 17.7. The largest absolute Gasteiger partial charge is 0.486 e. The van der Waals surface area contributed by atoms with Crippen LogP contribution in [0.25, 0.3) is 0 Å². The zero-order valence-corrected chi connectivity index (χ0v) is 23.7. The number of fused-ring (bicyclic) bond motifs is 1. The molecule has 0 bridgehead atoms. The van der Waals surface area contributed by atoms with Gasteiger partial charge in [-0.15, -0.1) is 21.5 Å². The fourth-order valence-electron chi connectivity index (χ4n) is 4.24. The van der Waals surface area contributed by atoms with E-state index in [1.807, 2.05) is 23.7 Å². The maximum Gasteiger partial charge on any atom is 0.341 e. The summed E-state index contributed by atoms with van der Waals surface area (Å²) in [6.45, 7) is 6.80. The summed E-state index contributed by atoms with van der Waals surface area (Å²) in [6, 6.07) is 8.07. The van der Waals surface area contributed by atoms with Gasteiger partial charge in [-0.05, 0) is 54.4 Å². The number of hydrogen-bond donors (Lipinski definition) is 1. The lowest BCUT2D eigenvalue weighted by molar-refractivity contribution is -0.113. The van der Waals surface area contributed by atoms with Crippen molar-refractivity contribution in [2.75, 3.05) is 18.2 Å². The smallest absolute Gasteiger partial charge is 0.341 e. The van der Waals surface area contributed by atoms with Crippen LogP contribution < -0.4 is 10.1 Å².